The maximum absolute atomic E-state index is 12.6. The Morgan fingerprint density at radius 3 is 1.61 bits per heavy atom. The Balaban J connectivity index is 1.51. The molecule has 0 radical (unpaired) electrons. The summed E-state index contributed by atoms with van der Waals surface area (Å²) in [5, 5.41) is 0. The Morgan fingerprint density at radius 2 is 1.12 bits per heavy atom. The normalized spacial score (nSPS) is 29.3. The van der Waals surface area contributed by atoms with E-state index in [1.165, 1.54) is 6.92 Å². The minimum absolute atomic E-state index is 0.185. The molecule has 0 aliphatic carbocycles. The lowest BCUT2D eigenvalue weighted by atomic mass is 9.97. The van der Waals surface area contributed by atoms with Crippen molar-refractivity contribution in [3.05, 3.63) is 108 Å². The van der Waals surface area contributed by atoms with E-state index in [1.54, 1.807) is 18.7 Å². The highest BCUT2D eigenvalue weighted by Crippen LogP contribution is 2.38. The third-order valence-corrected chi connectivity index (χ3v) is 9.87. The van der Waals surface area contributed by atoms with Crippen molar-refractivity contribution in [1.82, 2.24) is 0 Å². The molecule has 0 unspecified atom stereocenters. The van der Waals surface area contributed by atoms with Crippen molar-refractivity contribution >= 4 is 35.3 Å². The summed E-state index contributed by atoms with van der Waals surface area (Å²) in [6, 6.07) is 29.1. The molecule has 0 spiro atoms. The van der Waals surface area contributed by atoms with Crippen LogP contribution in [0.2, 0.25) is 0 Å². The monoisotopic (exact) mass is 742 g/mol. The number of carbonyl (C=O) groups excluding carboxylic acids is 2. The third-order valence-electron chi connectivity index (χ3n) is 8.61. The number of hydrogen-bond donors (Lipinski definition) is 0. The molecule has 10 nitrogen and oxygen atoms in total. The molecule has 2 heterocycles. The van der Waals surface area contributed by atoms with Crippen LogP contribution in [0.4, 0.5) is 0 Å². The van der Waals surface area contributed by atoms with Gasteiger partial charge in [-0.15, -0.1) is 23.4 Å². The van der Waals surface area contributed by atoms with Crippen LogP contribution >= 0.6 is 23.4 Å². The maximum Gasteiger partial charge on any atom is 0.321 e. The summed E-state index contributed by atoms with van der Waals surface area (Å²) < 4.78 is 51.4. The zero-order chi connectivity index (χ0) is 36.2. The van der Waals surface area contributed by atoms with Crippen LogP contribution in [-0.4, -0.2) is 84.1 Å². The number of ether oxygens (including phenoxy) is 8. The number of halogens is 1. The van der Waals surface area contributed by atoms with Gasteiger partial charge in [0, 0.05) is 6.92 Å². The molecular formula is C39H47ClO10S. The zero-order valence-corrected chi connectivity index (χ0v) is 30.9. The molecule has 10 atom stereocenters. The summed E-state index contributed by atoms with van der Waals surface area (Å²) in [7, 11) is 0. The minimum atomic E-state index is -1.07. The quantitative estimate of drug-likeness (QED) is 0.119. The molecule has 2 fully saturated rings. The fraction of sp³-hybridized carbons (Fsp3) is 0.487. The SMILES string of the molecule is CCS[C@H]1O[C@@H](C)[C@@H](OC(C)=O)[C@@H](O[C@@H]2O[C@@H](C)[C@@H](OC(=O)CCl)[C@@H](OCc3ccccc3)[C@@H]2OCc2ccccc2)[C@@H]1OCc1ccccc1. The highest BCUT2D eigenvalue weighted by atomic mass is 35.5. The summed E-state index contributed by atoms with van der Waals surface area (Å²) in [5.41, 5.74) is 2.34. The second-order valence-corrected chi connectivity index (χ2v) is 14.1. The predicted molar refractivity (Wildman–Crippen MR) is 193 cm³/mol. The van der Waals surface area contributed by atoms with E-state index in [-0.39, 0.29) is 25.7 Å². The van der Waals surface area contributed by atoms with E-state index in [1.807, 2.05) is 105 Å². The first-order valence-electron chi connectivity index (χ1n) is 17.2. The van der Waals surface area contributed by atoms with Gasteiger partial charge in [-0.1, -0.05) is 97.9 Å². The minimum Gasteiger partial charge on any atom is -0.457 e. The van der Waals surface area contributed by atoms with Gasteiger partial charge in [-0.3, -0.25) is 9.59 Å². The molecule has 51 heavy (non-hydrogen) atoms. The van der Waals surface area contributed by atoms with Crippen LogP contribution in [0.15, 0.2) is 91.0 Å². The Kier molecular flexibility index (Phi) is 15.2. The molecular weight excluding hydrogens is 696 g/mol. The first-order valence-corrected chi connectivity index (χ1v) is 18.8. The maximum atomic E-state index is 12.6. The summed E-state index contributed by atoms with van der Waals surface area (Å²) >= 11 is 7.47. The van der Waals surface area contributed by atoms with Gasteiger partial charge in [0.25, 0.3) is 0 Å². The number of thioether (sulfide) groups is 1. The molecule has 2 aliphatic rings. The van der Waals surface area contributed by atoms with Gasteiger partial charge in [0.15, 0.2) is 18.5 Å². The predicted octanol–water partition coefficient (Wildman–Crippen LogP) is 6.45. The van der Waals surface area contributed by atoms with E-state index in [0.717, 1.165) is 22.4 Å². The summed E-state index contributed by atoms with van der Waals surface area (Å²) in [6.45, 7) is 7.68. The Bertz CT molecular complexity index is 1490. The highest BCUT2D eigenvalue weighted by molar-refractivity contribution is 7.99. The molecule has 12 heteroatoms. The summed E-state index contributed by atoms with van der Waals surface area (Å²) in [5.74, 6) is -0.700. The van der Waals surface area contributed by atoms with Crippen LogP contribution in [0.3, 0.4) is 0 Å². The molecule has 3 aromatic rings. The van der Waals surface area contributed by atoms with E-state index in [9.17, 15) is 9.59 Å². The van der Waals surface area contributed by atoms with Crippen LogP contribution in [0, 0.1) is 0 Å². The van der Waals surface area contributed by atoms with Gasteiger partial charge in [0.05, 0.1) is 32.0 Å². The van der Waals surface area contributed by atoms with E-state index in [0.29, 0.717) is 0 Å². The molecule has 2 aliphatic heterocycles. The standard InChI is InChI=1S/C39H47ClO10S/c1-5-51-39-37(45-24-30-19-13-8-14-20-30)35(33(26(3)47-39)48-27(4)41)50-38-36(44-23-29-17-11-7-12-18-29)34(43-22-28-15-9-6-10-16-28)32(25(2)46-38)49-31(42)21-40/h6-20,25-26,32-39H,5,21-24H2,1-4H3/t25-,26-,32+,33+,34+,35+,36-,37-,38-,39+/m0/s1. The van der Waals surface area contributed by atoms with Gasteiger partial charge >= 0.3 is 11.9 Å². The second-order valence-electron chi connectivity index (χ2n) is 12.4. The van der Waals surface area contributed by atoms with Crippen LogP contribution in [0.1, 0.15) is 44.4 Å². The molecule has 0 N–H and O–H groups in total. The fourth-order valence-electron chi connectivity index (χ4n) is 6.21. The van der Waals surface area contributed by atoms with Crippen molar-refractivity contribution in [2.45, 2.75) is 108 Å². The zero-order valence-electron chi connectivity index (χ0n) is 29.3. The van der Waals surface area contributed by atoms with Crippen molar-refractivity contribution in [2.24, 2.45) is 0 Å². The van der Waals surface area contributed by atoms with Crippen molar-refractivity contribution in [2.75, 3.05) is 11.6 Å². The van der Waals surface area contributed by atoms with Crippen LogP contribution < -0.4 is 0 Å². The smallest absolute Gasteiger partial charge is 0.321 e. The highest BCUT2D eigenvalue weighted by Gasteiger charge is 2.54. The lowest BCUT2D eigenvalue weighted by Crippen LogP contribution is -2.65. The Morgan fingerprint density at radius 1 is 0.647 bits per heavy atom. The van der Waals surface area contributed by atoms with Crippen molar-refractivity contribution in [3.63, 3.8) is 0 Å². The molecule has 0 saturated carbocycles. The Labute approximate surface area is 309 Å². The van der Waals surface area contributed by atoms with Gasteiger partial charge < -0.3 is 37.9 Å². The Hall–Kier alpha value is -3.00. The molecule has 276 valence electrons. The summed E-state index contributed by atoms with van der Waals surface area (Å²) in [4.78, 5) is 25.1. The largest absolute Gasteiger partial charge is 0.457 e. The number of hydrogen-bond acceptors (Lipinski definition) is 11. The van der Waals surface area contributed by atoms with Crippen LogP contribution in [-0.2, 0) is 67.3 Å². The van der Waals surface area contributed by atoms with Gasteiger partial charge in [0.1, 0.15) is 35.7 Å². The number of rotatable bonds is 16. The molecule has 3 aromatic carbocycles. The van der Waals surface area contributed by atoms with Crippen LogP contribution in [0.5, 0.6) is 0 Å². The first-order chi connectivity index (χ1) is 24.8. The molecule has 0 amide bonds. The topological polar surface area (TPSA) is 108 Å². The van der Waals surface area contributed by atoms with Crippen LogP contribution in [0.25, 0.3) is 0 Å². The lowest BCUT2D eigenvalue weighted by Gasteiger charge is -2.49. The summed E-state index contributed by atoms with van der Waals surface area (Å²) in [6.07, 6.45) is -7.32. The number of carbonyl (C=O) groups is 2. The average Bonchev–Trinajstić information content (AvgIpc) is 3.14. The fourth-order valence-corrected chi connectivity index (χ4v) is 7.27. The van der Waals surface area contributed by atoms with E-state index >= 15 is 0 Å². The van der Waals surface area contributed by atoms with Gasteiger partial charge in [-0.25, -0.2) is 0 Å². The number of alkyl halides is 1. The van der Waals surface area contributed by atoms with Crippen molar-refractivity contribution < 1.29 is 47.5 Å². The van der Waals surface area contributed by atoms with E-state index < -0.39 is 72.5 Å². The number of esters is 2. The van der Waals surface area contributed by atoms with Gasteiger partial charge in [-0.05, 0) is 36.3 Å². The molecule has 0 aromatic heterocycles. The molecule has 2 saturated heterocycles. The van der Waals surface area contributed by atoms with Gasteiger partial charge in [0.2, 0.25) is 0 Å². The number of benzene rings is 3. The van der Waals surface area contributed by atoms with E-state index in [4.69, 9.17) is 49.5 Å². The van der Waals surface area contributed by atoms with Gasteiger partial charge in [-0.2, -0.15) is 0 Å². The molecule has 5 rings (SSSR count). The average molecular weight is 743 g/mol. The first kappa shape index (κ1) is 39.2. The van der Waals surface area contributed by atoms with Crippen molar-refractivity contribution in [1.29, 1.82) is 0 Å². The molecule has 0 bridgehead atoms. The lowest BCUT2D eigenvalue weighted by molar-refractivity contribution is -0.347. The van der Waals surface area contributed by atoms with E-state index in [2.05, 4.69) is 0 Å². The third kappa shape index (κ3) is 11.0. The van der Waals surface area contributed by atoms with Crippen molar-refractivity contribution in [3.8, 4) is 0 Å². The second kappa shape index (κ2) is 19.7.